The molecule has 1 N–H and O–H groups in total. The number of ether oxygens (including phenoxy) is 1. The molecule has 0 aliphatic carbocycles. The first-order chi connectivity index (χ1) is 10.0. The van der Waals surface area contributed by atoms with Crippen molar-refractivity contribution < 1.29 is 9.84 Å². The van der Waals surface area contributed by atoms with Gasteiger partial charge in [-0.1, -0.05) is 42.5 Å². The van der Waals surface area contributed by atoms with Gasteiger partial charge in [-0.3, -0.25) is 0 Å². The van der Waals surface area contributed by atoms with E-state index in [9.17, 15) is 5.11 Å². The molecule has 0 aliphatic heterocycles. The highest BCUT2D eigenvalue weighted by Crippen LogP contribution is 2.38. The van der Waals surface area contributed by atoms with Crippen LogP contribution in [0.4, 0.5) is 0 Å². The lowest BCUT2D eigenvalue weighted by molar-refractivity contribution is 0.0802. The second-order valence-electron chi connectivity index (χ2n) is 5.68. The van der Waals surface area contributed by atoms with E-state index in [0.717, 1.165) is 32.9 Å². The maximum Gasteiger partial charge on any atom is 0.134 e. The predicted octanol–water partition coefficient (Wildman–Crippen LogP) is 3.73. The SMILES string of the molecule is CC(C)(O)c1cccc2c(OC[Si])c3ccccc3cc12. The summed E-state index contributed by atoms with van der Waals surface area (Å²) in [5, 5.41) is 14.7. The molecule has 21 heavy (non-hydrogen) atoms. The molecule has 3 radical (unpaired) electrons. The van der Waals surface area contributed by atoms with Gasteiger partial charge in [-0.2, -0.15) is 0 Å². The Labute approximate surface area is 127 Å². The molecule has 0 saturated heterocycles. The summed E-state index contributed by atoms with van der Waals surface area (Å²) in [6.07, 6.45) is 0.426. The van der Waals surface area contributed by atoms with Crippen molar-refractivity contribution in [3.05, 3.63) is 54.1 Å². The summed E-state index contributed by atoms with van der Waals surface area (Å²) in [4.78, 5) is 0. The lowest BCUT2D eigenvalue weighted by Crippen LogP contribution is -2.16. The molecule has 3 heteroatoms. The van der Waals surface area contributed by atoms with Crippen molar-refractivity contribution in [1.29, 1.82) is 0 Å². The van der Waals surface area contributed by atoms with Crippen LogP contribution in [-0.4, -0.2) is 21.6 Å². The standard InChI is InChI=1S/C18H17O2Si/c1-18(2,19)16-9-5-8-14-15(16)10-12-6-3-4-7-13(12)17(14)20-11-21/h3-10,19H,11H2,1-2H3. The number of aliphatic hydroxyl groups is 1. The summed E-state index contributed by atoms with van der Waals surface area (Å²) in [6.45, 7) is 3.61. The number of fused-ring (bicyclic) bond motifs is 2. The van der Waals surface area contributed by atoms with E-state index < -0.39 is 5.60 Å². The molecule has 3 rings (SSSR count). The van der Waals surface area contributed by atoms with Crippen molar-refractivity contribution in [2.24, 2.45) is 0 Å². The van der Waals surface area contributed by atoms with Crippen LogP contribution >= 0.6 is 0 Å². The molecule has 0 amide bonds. The van der Waals surface area contributed by atoms with Crippen molar-refractivity contribution in [2.75, 3.05) is 6.23 Å². The molecule has 0 aromatic heterocycles. The van der Waals surface area contributed by atoms with Crippen LogP contribution in [0.15, 0.2) is 48.5 Å². The minimum atomic E-state index is -0.896. The van der Waals surface area contributed by atoms with Gasteiger partial charge in [0.1, 0.15) is 5.75 Å². The Bertz CT molecular complexity index is 803. The largest absolute Gasteiger partial charge is 0.497 e. The Morgan fingerprint density at radius 3 is 2.43 bits per heavy atom. The molecule has 0 atom stereocenters. The first-order valence-corrected chi connectivity index (χ1v) is 7.68. The maximum atomic E-state index is 10.4. The monoisotopic (exact) mass is 293 g/mol. The molecule has 0 bridgehead atoms. The molecule has 0 fully saturated rings. The van der Waals surface area contributed by atoms with Crippen molar-refractivity contribution in [2.45, 2.75) is 19.4 Å². The van der Waals surface area contributed by atoms with Crippen LogP contribution in [0.3, 0.4) is 0 Å². The number of benzene rings is 3. The second kappa shape index (κ2) is 5.17. The third-order valence-corrected chi connectivity index (χ3v) is 3.88. The fourth-order valence-corrected chi connectivity index (χ4v) is 2.95. The minimum Gasteiger partial charge on any atom is -0.497 e. The van der Waals surface area contributed by atoms with Gasteiger partial charge in [-0.15, -0.1) is 0 Å². The van der Waals surface area contributed by atoms with Crippen LogP contribution in [0, 0.1) is 0 Å². The summed E-state index contributed by atoms with van der Waals surface area (Å²) in [7, 11) is 3.39. The Balaban J connectivity index is 2.47. The average molecular weight is 293 g/mol. The second-order valence-corrected chi connectivity index (χ2v) is 5.96. The van der Waals surface area contributed by atoms with Gasteiger partial charge in [-0.25, -0.2) is 0 Å². The Hall–Kier alpha value is -1.84. The highest BCUT2D eigenvalue weighted by Gasteiger charge is 2.20. The van der Waals surface area contributed by atoms with Crippen molar-refractivity contribution >= 4 is 31.8 Å². The summed E-state index contributed by atoms with van der Waals surface area (Å²) in [5.74, 6) is 0.851. The molecule has 3 aromatic carbocycles. The lowest BCUT2D eigenvalue weighted by Gasteiger charge is -2.22. The van der Waals surface area contributed by atoms with Crippen LogP contribution in [-0.2, 0) is 5.60 Å². The van der Waals surface area contributed by atoms with E-state index in [-0.39, 0.29) is 0 Å². The van der Waals surface area contributed by atoms with Crippen molar-refractivity contribution in [3.8, 4) is 5.75 Å². The summed E-state index contributed by atoms with van der Waals surface area (Å²) >= 11 is 0. The molecule has 0 unspecified atom stereocenters. The van der Waals surface area contributed by atoms with Gasteiger partial charge in [-0.05, 0) is 36.2 Å². The molecule has 0 heterocycles. The van der Waals surface area contributed by atoms with Crippen LogP contribution in [0.25, 0.3) is 21.5 Å². The number of hydrogen-bond acceptors (Lipinski definition) is 2. The normalized spacial score (nSPS) is 12.0. The summed E-state index contributed by atoms with van der Waals surface area (Å²) < 4.78 is 5.83. The molecule has 3 aromatic rings. The van der Waals surface area contributed by atoms with E-state index >= 15 is 0 Å². The smallest absolute Gasteiger partial charge is 0.134 e. The highest BCUT2D eigenvalue weighted by molar-refractivity contribution is 6.10. The van der Waals surface area contributed by atoms with Crippen molar-refractivity contribution in [3.63, 3.8) is 0 Å². The van der Waals surface area contributed by atoms with Gasteiger partial charge >= 0.3 is 0 Å². The quantitative estimate of drug-likeness (QED) is 0.589. The zero-order chi connectivity index (χ0) is 15.0. The first-order valence-electron chi connectivity index (χ1n) is 6.97. The Morgan fingerprint density at radius 2 is 1.71 bits per heavy atom. The number of hydrogen-bond donors (Lipinski definition) is 1. The van der Waals surface area contributed by atoms with Gasteiger partial charge in [0.05, 0.1) is 22.1 Å². The zero-order valence-electron chi connectivity index (χ0n) is 12.2. The molecule has 0 spiro atoms. The van der Waals surface area contributed by atoms with E-state index in [2.05, 4.69) is 28.4 Å². The molecule has 0 aliphatic rings. The van der Waals surface area contributed by atoms with Gasteiger partial charge < -0.3 is 9.84 Å². The third-order valence-electron chi connectivity index (χ3n) is 3.73. The van der Waals surface area contributed by atoms with Gasteiger partial charge in [0.15, 0.2) is 0 Å². The van der Waals surface area contributed by atoms with E-state index in [0.29, 0.717) is 6.23 Å². The summed E-state index contributed by atoms with van der Waals surface area (Å²) in [5.41, 5.74) is 0.0114. The van der Waals surface area contributed by atoms with E-state index in [1.165, 1.54) is 0 Å². The van der Waals surface area contributed by atoms with Crippen LogP contribution in [0.2, 0.25) is 0 Å². The molecular weight excluding hydrogens is 276 g/mol. The number of rotatable bonds is 3. The van der Waals surface area contributed by atoms with E-state index in [1.807, 2.05) is 44.2 Å². The minimum absolute atomic E-state index is 0.426. The first kappa shape index (κ1) is 14.1. The molecule has 0 saturated carbocycles. The van der Waals surface area contributed by atoms with Crippen LogP contribution in [0.5, 0.6) is 5.75 Å². The molecule has 2 nitrogen and oxygen atoms in total. The zero-order valence-corrected chi connectivity index (χ0v) is 13.2. The maximum absolute atomic E-state index is 10.4. The Morgan fingerprint density at radius 1 is 1.00 bits per heavy atom. The van der Waals surface area contributed by atoms with Gasteiger partial charge in [0.2, 0.25) is 0 Å². The van der Waals surface area contributed by atoms with Gasteiger partial charge in [0.25, 0.3) is 0 Å². The topological polar surface area (TPSA) is 29.5 Å². The summed E-state index contributed by atoms with van der Waals surface area (Å²) in [6, 6.07) is 16.2. The van der Waals surface area contributed by atoms with E-state index in [1.54, 1.807) is 0 Å². The highest BCUT2D eigenvalue weighted by atomic mass is 28.1. The van der Waals surface area contributed by atoms with Gasteiger partial charge in [0, 0.05) is 10.8 Å². The van der Waals surface area contributed by atoms with E-state index in [4.69, 9.17) is 4.74 Å². The van der Waals surface area contributed by atoms with Crippen LogP contribution in [0.1, 0.15) is 19.4 Å². The molecule has 105 valence electrons. The molecular formula is C18H17O2Si. The fourth-order valence-electron chi connectivity index (χ4n) is 2.81. The van der Waals surface area contributed by atoms with Crippen LogP contribution < -0.4 is 4.74 Å². The lowest BCUT2D eigenvalue weighted by atomic mass is 9.90. The fraction of sp³-hybridized carbons (Fsp3) is 0.222. The predicted molar refractivity (Wildman–Crippen MR) is 87.9 cm³/mol. The Kier molecular flexibility index (Phi) is 3.47. The van der Waals surface area contributed by atoms with Crippen molar-refractivity contribution in [1.82, 2.24) is 0 Å². The third kappa shape index (κ3) is 2.43. The average Bonchev–Trinajstić information content (AvgIpc) is 2.45.